The van der Waals surface area contributed by atoms with Crippen LogP contribution in [0.1, 0.15) is 53.8 Å². The van der Waals surface area contributed by atoms with Gasteiger partial charge in [-0.05, 0) is 29.8 Å². The predicted octanol–water partition coefficient (Wildman–Crippen LogP) is 4.07. The Morgan fingerprint density at radius 3 is 2.48 bits per heavy atom. The standard InChI is InChI=1S/C21H22O6/c1-5-19(23)26-16-7-6-14(10-17(16)24-3)20-12(2)15-8-13(11-22)9-18(25-4)21(15)27-20/h6-12,20H,5H2,1-4H3/t12-,20-/m1/s1. The summed E-state index contributed by atoms with van der Waals surface area (Å²) in [4.78, 5) is 22.8. The van der Waals surface area contributed by atoms with Gasteiger partial charge in [-0.3, -0.25) is 9.59 Å². The van der Waals surface area contributed by atoms with E-state index in [9.17, 15) is 9.59 Å². The quantitative estimate of drug-likeness (QED) is 0.434. The lowest BCUT2D eigenvalue weighted by Gasteiger charge is -2.18. The molecule has 0 N–H and O–H groups in total. The molecule has 1 heterocycles. The van der Waals surface area contributed by atoms with Gasteiger partial charge in [0.15, 0.2) is 23.0 Å². The van der Waals surface area contributed by atoms with Crippen molar-refractivity contribution in [2.45, 2.75) is 32.3 Å². The third-order valence-electron chi connectivity index (χ3n) is 4.68. The summed E-state index contributed by atoms with van der Waals surface area (Å²) in [6.07, 6.45) is 0.797. The first-order valence-corrected chi connectivity index (χ1v) is 8.74. The third-order valence-corrected chi connectivity index (χ3v) is 4.68. The maximum atomic E-state index is 11.6. The highest BCUT2D eigenvalue weighted by Crippen LogP contribution is 2.51. The average Bonchev–Trinajstić information content (AvgIpc) is 3.04. The number of hydrogen-bond acceptors (Lipinski definition) is 6. The van der Waals surface area contributed by atoms with Crippen molar-refractivity contribution in [3.8, 4) is 23.0 Å². The minimum atomic E-state index is -0.329. The number of esters is 1. The topological polar surface area (TPSA) is 71.1 Å². The minimum absolute atomic E-state index is 0.00236. The van der Waals surface area contributed by atoms with Crippen molar-refractivity contribution in [1.29, 1.82) is 0 Å². The van der Waals surface area contributed by atoms with E-state index in [0.29, 0.717) is 28.6 Å². The highest BCUT2D eigenvalue weighted by molar-refractivity contribution is 5.78. The summed E-state index contributed by atoms with van der Waals surface area (Å²) in [6, 6.07) is 8.84. The Balaban J connectivity index is 1.95. The molecule has 0 saturated carbocycles. The third kappa shape index (κ3) is 3.47. The highest BCUT2D eigenvalue weighted by atomic mass is 16.6. The maximum Gasteiger partial charge on any atom is 0.311 e. The Hall–Kier alpha value is -3.02. The average molecular weight is 370 g/mol. The second-order valence-corrected chi connectivity index (χ2v) is 6.32. The lowest BCUT2D eigenvalue weighted by Crippen LogP contribution is -2.10. The van der Waals surface area contributed by atoms with Crippen LogP contribution in [-0.4, -0.2) is 26.5 Å². The van der Waals surface area contributed by atoms with Crippen LogP contribution in [0.25, 0.3) is 0 Å². The molecule has 6 heteroatoms. The number of rotatable bonds is 6. The minimum Gasteiger partial charge on any atom is -0.493 e. The van der Waals surface area contributed by atoms with Gasteiger partial charge in [0.2, 0.25) is 0 Å². The van der Waals surface area contributed by atoms with E-state index < -0.39 is 0 Å². The first-order chi connectivity index (χ1) is 13.0. The molecule has 27 heavy (non-hydrogen) atoms. The Morgan fingerprint density at radius 2 is 1.85 bits per heavy atom. The molecule has 1 aliphatic rings. The second-order valence-electron chi connectivity index (χ2n) is 6.32. The van der Waals surface area contributed by atoms with Crippen LogP contribution in [0.5, 0.6) is 23.0 Å². The maximum absolute atomic E-state index is 11.6. The summed E-state index contributed by atoms with van der Waals surface area (Å²) in [6.45, 7) is 3.76. The fourth-order valence-electron chi connectivity index (χ4n) is 3.22. The van der Waals surface area contributed by atoms with Crippen molar-refractivity contribution in [2.75, 3.05) is 14.2 Å². The Morgan fingerprint density at radius 1 is 1.11 bits per heavy atom. The molecular weight excluding hydrogens is 348 g/mol. The van der Waals surface area contributed by atoms with Crippen molar-refractivity contribution in [3.63, 3.8) is 0 Å². The number of ether oxygens (including phenoxy) is 4. The Bertz CT molecular complexity index is 873. The molecule has 3 rings (SSSR count). The van der Waals surface area contributed by atoms with Crippen molar-refractivity contribution < 1.29 is 28.5 Å². The zero-order valence-electron chi connectivity index (χ0n) is 15.8. The van der Waals surface area contributed by atoms with Crippen LogP contribution in [0.15, 0.2) is 30.3 Å². The van der Waals surface area contributed by atoms with E-state index >= 15 is 0 Å². The first-order valence-electron chi connectivity index (χ1n) is 8.74. The van der Waals surface area contributed by atoms with E-state index in [4.69, 9.17) is 18.9 Å². The summed E-state index contributed by atoms with van der Waals surface area (Å²) >= 11 is 0. The molecule has 0 bridgehead atoms. The molecule has 0 saturated heterocycles. The molecule has 0 amide bonds. The summed E-state index contributed by atoms with van der Waals surface area (Å²) in [5.41, 5.74) is 2.34. The summed E-state index contributed by atoms with van der Waals surface area (Å²) in [7, 11) is 3.07. The number of carbonyl (C=O) groups excluding carboxylic acids is 2. The van der Waals surface area contributed by atoms with Gasteiger partial charge in [0.1, 0.15) is 12.4 Å². The van der Waals surface area contributed by atoms with Gasteiger partial charge in [0, 0.05) is 23.5 Å². The molecule has 0 aliphatic carbocycles. The molecule has 0 unspecified atom stereocenters. The van der Waals surface area contributed by atoms with E-state index in [2.05, 4.69) is 0 Å². The zero-order valence-corrected chi connectivity index (χ0v) is 15.8. The lowest BCUT2D eigenvalue weighted by molar-refractivity contribution is -0.134. The lowest BCUT2D eigenvalue weighted by atomic mass is 9.91. The van der Waals surface area contributed by atoms with Crippen molar-refractivity contribution in [1.82, 2.24) is 0 Å². The fraction of sp³-hybridized carbons (Fsp3) is 0.333. The Labute approximate surface area is 158 Å². The van der Waals surface area contributed by atoms with Crippen LogP contribution in [0.4, 0.5) is 0 Å². The molecular formula is C21H22O6. The van der Waals surface area contributed by atoms with Crippen molar-refractivity contribution in [2.24, 2.45) is 0 Å². The molecule has 142 valence electrons. The van der Waals surface area contributed by atoms with Crippen LogP contribution < -0.4 is 18.9 Å². The van der Waals surface area contributed by atoms with E-state index in [-0.39, 0.29) is 24.4 Å². The van der Waals surface area contributed by atoms with Gasteiger partial charge in [-0.25, -0.2) is 0 Å². The van der Waals surface area contributed by atoms with Crippen LogP contribution in [-0.2, 0) is 4.79 Å². The van der Waals surface area contributed by atoms with E-state index in [1.165, 1.54) is 7.11 Å². The number of hydrogen-bond donors (Lipinski definition) is 0. The first kappa shape index (κ1) is 18.8. The van der Waals surface area contributed by atoms with Gasteiger partial charge in [0.25, 0.3) is 0 Å². The van der Waals surface area contributed by atoms with Crippen molar-refractivity contribution in [3.05, 3.63) is 47.0 Å². The van der Waals surface area contributed by atoms with Crippen LogP contribution in [0.2, 0.25) is 0 Å². The Kier molecular flexibility index (Phi) is 5.35. The largest absolute Gasteiger partial charge is 0.493 e. The highest BCUT2D eigenvalue weighted by Gasteiger charge is 2.35. The van der Waals surface area contributed by atoms with Gasteiger partial charge < -0.3 is 18.9 Å². The molecule has 2 atom stereocenters. The van der Waals surface area contributed by atoms with Crippen LogP contribution in [0, 0.1) is 0 Å². The molecule has 6 nitrogen and oxygen atoms in total. The number of methoxy groups -OCH3 is 2. The van der Waals surface area contributed by atoms with Gasteiger partial charge in [-0.2, -0.15) is 0 Å². The van der Waals surface area contributed by atoms with Gasteiger partial charge in [-0.1, -0.05) is 19.9 Å². The smallest absolute Gasteiger partial charge is 0.311 e. The fourth-order valence-corrected chi connectivity index (χ4v) is 3.22. The number of benzene rings is 2. The van der Waals surface area contributed by atoms with Gasteiger partial charge >= 0.3 is 5.97 Å². The van der Waals surface area contributed by atoms with Gasteiger partial charge in [-0.15, -0.1) is 0 Å². The van der Waals surface area contributed by atoms with E-state index in [1.54, 1.807) is 32.2 Å². The molecule has 0 radical (unpaired) electrons. The van der Waals surface area contributed by atoms with E-state index in [1.807, 2.05) is 19.1 Å². The molecule has 0 spiro atoms. The van der Waals surface area contributed by atoms with Crippen molar-refractivity contribution >= 4 is 12.3 Å². The summed E-state index contributed by atoms with van der Waals surface area (Å²) < 4.78 is 22.2. The predicted molar refractivity (Wildman–Crippen MR) is 99.1 cm³/mol. The zero-order chi connectivity index (χ0) is 19.6. The summed E-state index contributed by atoms with van der Waals surface area (Å²) in [5, 5.41) is 0. The van der Waals surface area contributed by atoms with Crippen LogP contribution in [0.3, 0.4) is 0 Å². The number of fused-ring (bicyclic) bond motifs is 1. The normalized spacial score (nSPS) is 17.6. The SMILES string of the molecule is CCC(=O)Oc1ccc([C@@H]2Oc3c(OC)cc(C=O)cc3[C@H]2C)cc1OC. The van der Waals surface area contributed by atoms with Gasteiger partial charge in [0.05, 0.1) is 14.2 Å². The monoisotopic (exact) mass is 370 g/mol. The molecule has 0 fully saturated rings. The summed E-state index contributed by atoms with van der Waals surface area (Å²) in [5.74, 6) is 1.68. The van der Waals surface area contributed by atoms with Crippen LogP contribution >= 0.6 is 0 Å². The molecule has 2 aromatic carbocycles. The number of aldehydes is 1. The van der Waals surface area contributed by atoms with E-state index in [0.717, 1.165) is 17.4 Å². The molecule has 2 aromatic rings. The second kappa shape index (κ2) is 7.70. The number of carbonyl (C=O) groups is 2. The molecule has 1 aliphatic heterocycles. The molecule has 0 aromatic heterocycles.